The summed E-state index contributed by atoms with van der Waals surface area (Å²) in [7, 11) is 0. The maximum absolute atomic E-state index is 12.3. The normalized spacial score (nSPS) is 18.4. The van der Waals surface area contributed by atoms with Crippen LogP contribution in [-0.4, -0.2) is 39.0 Å². The number of aromatic nitrogens is 4. The van der Waals surface area contributed by atoms with E-state index in [-0.39, 0.29) is 11.6 Å². The number of hydrogen-bond donors (Lipinski definition) is 2. The number of fused-ring (bicyclic) bond motifs is 1. The van der Waals surface area contributed by atoms with Crippen molar-refractivity contribution >= 4 is 17.0 Å². The largest absolute Gasteiger partial charge is 0.381 e. The van der Waals surface area contributed by atoms with Gasteiger partial charge in [0.2, 0.25) is 5.95 Å². The van der Waals surface area contributed by atoms with Crippen LogP contribution in [0.1, 0.15) is 19.3 Å². The molecule has 7 heteroatoms. The minimum Gasteiger partial charge on any atom is -0.381 e. The number of hydrogen-bond acceptors (Lipinski definition) is 5. The molecule has 1 fully saturated rings. The number of benzene rings is 1. The molecule has 2 N–H and O–H groups in total. The Balaban J connectivity index is 1.71. The summed E-state index contributed by atoms with van der Waals surface area (Å²) in [4.78, 5) is 19.7. The van der Waals surface area contributed by atoms with Crippen LogP contribution in [0.3, 0.4) is 0 Å². The van der Waals surface area contributed by atoms with Crippen LogP contribution in [0.5, 0.6) is 0 Å². The Kier molecular flexibility index (Phi) is 4.00. The zero-order valence-electron chi connectivity index (χ0n) is 13.2. The van der Waals surface area contributed by atoms with E-state index in [9.17, 15) is 4.79 Å². The summed E-state index contributed by atoms with van der Waals surface area (Å²) in [6, 6.07) is 9.93. The second-order valence-corrected chi connectivity index (χ2v) is 5.93. The first-order valence-electron chi connectivity index (χ1n) is 8.19. The molecule has 0 radical (unpaired) electrons. The number of ether oxygens (including phenoxy) is 1. The minimum atomic E-state index is -0.186. The van der Waals surface area contributed by atoms with Gasteiger partial charge in [0.05, 0.1) is 11.9 Å². The highest BCUT2D eigenvalue weighted by molar-refractivity contribution is 5.76. The van der Waals surface area contributed by atoms with Gasteiger partial charge >= 0.3 is 0 Å². The van der Waals surface area contributed by atoms with Crippen LogP contribution >= 0.6 is 0 Å². The molecule has 1 aliphatic heterocycles. The number of rotatable bonds is 3. The molecule has 0 aliphatic carbocycles. The SMILES string of the molecule is O=c1[nH]c(NC2CCCOCC2)nc2c1cnn2-c1ccccc1. The van der Waals surface area contributed by atoms with E-state index in [4.69, 9.17) is 4.74 Å². The van der Waals surface area contributed by atoms with Crippen molar-refractivity contribution in [1.82, 2.24) is 19.7 Å². The smallest absolute Gasteiger partial charge is 0.263 e. The van der Waals surface area contributed by atoms with Crippen LogP contribution in [0.4, 0.5) is 5.95 Å². The summed E-state index contributed by atoms with van der Waals surface area (Å²) in [5.41, 5.74) is 1.24. The molecule has 0 saturated carbocycles. The van der Waals surface area contributed by atoms with E-state index < -0.39 is 0 Å². The van der Waals surface area contributed by atoms with E-state index in [2.05, 4.69) is 20.4 Å². The van der Waals surface area contributed by atoms with Gasteiger partial charge in [-0.25, -0.2) is 4.68 Å². The summed E-state index contributed by atoms with van der Waals surface area (Å²) in [5, 5.41) is 8.13. The van der Waals surface area contributed by atoms with E-state index >= 15 is 0 Å². The fraction of sp³-hybridized carbons (Fsp3) is 0.353. The molecule has 1 aliphatic rings. The summed E-state index contributed by atoms with van der Waals surface area (Å²) < 4.78 is 7.16. The van der Waals surface area contributed by atoms with Gasteiger partial charge in [-0.1, -0.05) is 18.2 Å². The molecule has 0 spiro atoms. The quantitative estimate of drug-likeness (QED) is 0.770. The average Bonchev–Trinajstić information content (AvgIpc) is 2.86. The Morgan fingerprint density at radius 1 is 1.21 bits per heavy atom. The molecule has 0 bridgehead atoms. The molecule has 124 valence electrons. The van der Waals surface area contributed by atoms with Crippen LogP contribution in [-0.2, 0) is 4.74 Å². The predicted octanol–water partition coefficient (Wildman–Crippen LogP) is 2.09. The average molecular weight is 325 g/mol. The monoisotopic (exact) mass is 325 g/mol. The Bertz CT molecular complexity index is 879. The van der Waals surface area contributed by atoms with Crippen LogP contribution in [0.15, 0.2) is 41.3 Å². The van der Waals surface area contributed by atoms with E-state index in [1.165, 1.54) is 0 Å². The molecule has 2 aromatic heterocycles. The van der Waals surface area contributed by atoms with Crippen molar-refractivity contribution in [1.29, 1.82) is 0 Å². The second-order valence-electron chi connectivity index (χ2n) is 5.93. The van der Waals surface area contributed by atoms with Crippen molar-refractivity contribution in [2.75, 3.05) is 18.5 Å². The summed E-state index contributed by atoms with van der Waals surface area (Å²) in [5.74, 6) is 0.483. The summed E-state index contributed by atoms with van der Waals surface area (Å²) in [6.45, 7) is 1.52. The maximum Gasteiger partial charge on any atom is 0.263 e. The fourth-order valence-electron chi connectivity index (χ4n) is 2.99. The first kappa shape index (κ1) is 14.9. The number of para-hydroxylation sites is 1. The summed E-state index contributed by atoms with van der Waals surface area (Å²) >= 11 is 0. The Morgan fingerprint density at radius 2 is 2.08 bits per heavy atom. The van der Waals surface area contributed by atoms with Crippen LogP contribution in [0.25, 0.3) is 16.7 Å². The number of anilines is 1. The molecule has 7 nitrogen and oxygen atoms in total. The molecule has 4 rings (SSSR count). The van der Waals surface area contributed by atoms with Gasteiger partial charge in [-0.2, -0.15) is 10.1 Å². The number of aromatic amines is 1. The van der Waals surface area contributed by atoms with Crippen molar-refractivity contribution in [2.24, 2.45) is 0 Å². The van der Waals surface area contributed by atoms with E-state index in [1.807, 2.05) is 30.3 Å². The van der Waals surface area contributed by atoms with Gasteiger partial charge in [-0.15, -0.1) is 0 Å². The molecule has 1 saturated heterocycles. The molecule has 0 amide bonds. The van der Waals surface area contributed by atoms with Gasteiger partial charge in [-0.3, -0.25) is 9.78 Å². The second kappa shape index (κ2) is 6.45. The van der Waals surface area contributed by atoms with E-state index in [0.29, 0.717) is 17.0 Å². The Hall–Kier alpha value is -2.67. The third-order valence-electron chi connectivity index (χ3n) is 4.23. The topological polar surface area (TPSA) is 84.8 Å². The zero-order chi connectivity index (χ0) is 16.4. The van der Waals surface area contributed by atoms with Crippen LogP contribution in [0.2, 0.25) is 0 Å². The standard InChI is InChI=1S/C17H19N5O2/c23-16-14-11-18-22(13-6-2-1-3-7-13)15(14)20-17(21-16)19-12-5-4-9-24-10-8-12/h1-3,6-7,11-12H,4-5,8-10H2,(H2,19,20,21,23). The lowest BCUT2D eigenvalue weighted by Gasteiger charge is -2.15. The van der Waals surface area contributed by atoms with Crippen molar-refractivity contribution in [3.8, 4) is 5.69 Å². The lowest BCUT2D eigenvalue weighted by Crippen LogP contribution is -2.23. The molecule has 3 heterocycles. The Morgan fingerprint density at radius 3 is 2.96 bits per heavy atom. The predicted molar refractivity (Wildman–Crippen MR) is 91.6 cm³/mol. The minimum absolute atomic E-state index is 0.186. The lowest BCUT2D eigenvalue weighted by atomic mass is 10.1. The highest BCUT2D eigenvalue weighted by atomic mass is 16.5. The van der Waals surface area contributed by atoms with Gasteiger partial charge in [0, 0.05) is 19.3 Å². The lowest BCUT2D eigenvalue weighted by molar-refractivity contribution is 0.144. The van der Waals surface area contributed by atoms with Crippen LogP contribution < -0.4 is 10.9 Å². The Labute approximate surface area is 138 Å². The highest BCUT2D eigenvalue weighted by Crippen LogP contribution is 2.16. The third-order valence-corrected chi connectivity index (χ3v) is 4.23. The molecule has 24 heavy (non-hydrogen) atoms. The number of H-pyrrole nitrogens is 1. The van der Waals surface area contributed by atoms with E-state index in [0.717, 1.165) is 38.2 Å². The summed E-state index contributed by atoms with van der Waals surface area (Å²) in [6.07, 6.45) is 4.46. The number of nitrogens with zero attached hydrogens (tertiary/aromatic N) is 3. The van der Waals surface area contributed by atoms with Gasteiger partial charge in [-0.05, 0) is 31.4 Å². The van der Waals surface area contributed by atoms with Crippen LogP contribution in [0, 0.1) is 0 Å². The van der Waals surface area contributed by atoms with Gasteiger partial charge < -0.3 is 10.1 Å². The zero-order valence-corrected chi connectivity index (χ0v) is 13.2. The van der Waals surface area contributed by atoms with Crippen molar-refractivity contribution < 1.29 is 4.74 Å². The third kappa shape index (κ3) is 2.90. The first-order valence-corrected chi connectivity index (χ1v) is 8.19. The fourth-order valence-corrected chi connectivity index (χ4v) is 2.99. The van der Waals surface area contributed by atoms with Gasteiger partial charge in [0.15, 0.2) is 5.65 Å². The van der Waals surface area contributed by atoms with Crippen molar-refractivity contribution in [3.05, 3.63) is 46.9 Å². The molecule has 3 aromatic rings. The van der Waals surface area contributed by atoms with E-state index in [1.54, 1.807) is 10.9 Å². The maximum atomic E-state index is 12.3. The highest BCUT2D eigenvalue weighted by Gasteiger charge is 2.16. The molecule has 1 unspecified atom stereocenters. The van der Waals surface area contributed by atoms with Crippen molar-refractivity contribution in [3.63, 3.8) is 0 Å². The van der Waals surface area contributed by atoms with Gasteiger partial charge in [0.25, 0.3) is 5.56 Å². The molecular weight excluding hydrogens is 306 g/mol. The number of nitrogens with one attached hydrogen (secondary N) is 2. The van der Waals surface area contributed by atoms with Gasteiger partial charge in [0.1, 0.15) is 5.39 Å². The molecule has 1 atom stereocenters. The first-order chi connectivity index (χ1) is 11.8. The molecular formula is C17H19N5O2. The van der Waals surface area contributed by atoms with Crippen molar-refractivity contribution in [2.45, 2.75) is 25.3 Å². The molecule has 1 aromatic carbocycles.